The molecule has 0 fully saturated rings. The zero-order chi connectivity index (χ0) is 10.3. The van der Waals surface area contributed by atoms with E-state index < -0.39 is 5.60 Å². The van der Waals surface area contributed by atoms with Gasteiger partial charge in [0.1, 0.15) is 5.82 Å². The van der Waals surface area contributed by atoms with Crippen molar-refractivity contribution in [3.8, 4) is 0 Å². The van der Waals surface area contributed by atoms with Crippen molar-refractivity contribution in [3.05, 3.63) is 29.6 Å². The van der Waals surface area contributed by atoms with E-state index in [0.29, 0.717) is 0 Å². The first-order valence-electron chi connectivity index (χ1n) is 4.63. The minimum Gasteiger partial charge on any atom is -0.390 e. The molecule has 1 aliphatic heterocycles. The van der Waals surface area contributed by atoms with E-state index in [1.807, 2.05) is 0 Å². The Morgan fingerprint density at radius 1 is 1.50 bits per heavy atom. The van der Waals surface area contributed by atoms with Gasteiger partial charge in [0, 0.05) is 16.6 Å². The van der Waals surface area contributed by atoms with Crippen LogP contribution in [0.15, 0.2) is 23.1 Å². The first kappa shape index (κ1) is 9.99. The highest BCUT2D eigenvalue weighted by molar-refractivity contribution is 7.99. The summed E-state index contributed by atoms with van der Waals surface area (Å²) in [6, 6.07) is 4.80. The highest BCUT2D eigenvalue weighted by atomic mass is 32.2. The van der Waals surface area contributed by atoms with Crippen molar-refractivity contribution in [2.24, 2.45) is 0 Å². The number of aliphatic hydroxyl groups is 1. The molecule has 0 radical (unpaired) electrons. The lowest BCUT2D eigenvalue weighted by Gasteiger charge is -2.25. The van der Waals surface area contributed by atoms with E-state index in [2.05, 4.69) is 0 Å². The van der Waals surface area contributed by atoms with Crippen molar-refractivity contribution in [2.45, 2.75) is 30.3 Å². The quantitative estimate of drug-likeness (QED) is 0.772. The van der Waals surface area contributed by atoms with Gasteiger partial charge in [-0.1, -0.05) is 0 Å². The second-order valence-corrected chi connectivity index (χ2v) is 5.26. The fourth-order valence-corrected chi connectivity index (χ4v) is 3.24. The molecule has 76 valence electrons. The number of halogens is 1. The number of rotatable bonds is 1. The molecular formula is C11H13FOS. The monoisotopic (exact) mass is 212 g/mol. The fraction of sp³-hybridized carbons (Fsp3) is 0.455. The van der Waals surface area contributed by atoms with E-state index in [1.165, 1.54) is 12.1 Å². The molecule has 0 aliphatic carbocycles. The molecule has 2 rings (SSSR count). The topological polar surface area (TPSA) is 20.2 Å². The Morgan fingerprint density at radius 2 is 2.21 bits per heavy atom. The lowest BCUT2D eigenvalue weighted by molar-refractivity contribution is 0.0577. The summed E-state index contributed by atoms with van der Waals surface area (Å²) in [5, 5.41) is 9.92. The predicted molar refractivity (Wildman–Crippen MR) is 56.2 cm³/mol. The first-order valence-corrected chi connectivity index (χ1v) is 5.61. The van der Waals surface area contributed by atoms with Crippen LogP contribution in [0.25, 0.3) is 0 Å². The van der Waals surface area contributed by atoms with Crippen molar-refractivity contribution >= 4 is 11.8 Å². The minimum absolute atomic E-state index is 0.0400. The Hall–Kier alpha value is -0.540. The van der Waals surface area contributed by atoms with Crippen LogP contribution in [-0.2, 0) is 0 Å². The Labute approximate surface area is 87.3 Å². The van der Waals surface area contributed by atoms with E-state index in [9.17, 15) is 9.50 Å². The number of benzene rings is 1. The van der Waals surface area contributed by atoms with Gasteiger partial charge < -0.3 is 5.11 Å². The molecule has 1 unspecified atom stereocenters. The lowest BCUT2D eigenvalue weighted by Crippen LogP contribution is -2.28. The van der Waals surface area contributed by atoms with Crippen LogP contribution >= 0.6 is 11.8 Å². The van der Waals surface area contributed by atoms with Gasteiger partial charge in [0.25, 0.3) is 0 Å². The summed E-state index contributed by atoms with van der Waals surface area (Å²) in [6.07, 6.45) is 0. The second-order valence-electron chi connectivity index (χ2n) is 4.20. The summed E-state index contributed by atoms with van der Waals surface area (Å²) in [6.45, 7) is 3.55. The Kier molecular flexibility index (Phi) is 2.32. The van der Waals surface area contributed by atoms with Crippen LogP contribution in [0.2, 0.25) is 0 Å². The second kappa shape index (κ2) is 3.24. The third-order valence-corrected chi connectivity index (χ3v) is 3.79. The Morgan fingerprint density at radius 3 is 2.86 bits per heavy atom. The van der Waals surface area contributed by atoms with Crippen molar-refractivity contribution < 1.29 is 9.50 Å². The van der Waals surface area contributed by atoms with Gasteiger partial charge in [0.2, 0.25) is 0 Å². The maximum absolute atomic E-state index is 13.0. The number of thioether (sulfide) groups is 1. The minimum atomic E-state index is -0.772. The highest BCUT2D eigenvalue weighted by Gasteiger charge is 2.34. The van der Waals surface area contributed by atoms with Crippen LogP contribution in [0.5, 0.6) is 0 Å². The van der Waals surface area contributed by atoms with Crippen LogP contribution in [-0.4, -0.2) is 16.5 Å². The zero-order valence-electron chi connectivity index (χ0n) is 8.25. The lowest BCUT2D eigenvalue weighted by atomic mass is 9.86. The van der Waals surface area contributed by atoms with E-state index in [1.54, 1.807) is 31.7 Å². The highest BCUT2D eigenvalue weighted by Crippen LogP contribution is 2.44. The first-order chi connectivity index (χ1) is 6.48. The van der Waals surface area contributed by atoms with Crippen LogP contribution < -0.4 is 0 Å². The average molecular weight is 212 g/mol. The summed E-state index contributed by atoms with van der Waals surface area (Å²) in [5.74, 6) is 0.654. The van der Waals surface area contributed by atoms with Gasteiger partial charge in [-0.3, -0.25) is 0 Å². The van der Waals surface area contributed by atoms with Gasteiger partial charge in [-0.2, -0.15) is 0 Å². The summed E-state index contributed by atoms with van der Waals surface area (Å²) < 4.78 is 13.0. The van der Waals surface area contributed by atoms with Crippen LogP contribution in [0.3, 0.4) is 0 Å². The molecule has 0 aromatic heterocycles. The van der Waals surface area contributed by atoms with Crippen LogP contribution in [0.4, 0.5) is 4.39 Å². The van der Waals surface area contributed by atoms with Crippen molar-refractivity contribution in [2.75, 3.05) is 5.75 Å². The van der Waals surface area contributed by atoms with Crippen LogP contribution in [0, 0.1) is 5.82 Å². The standard InChI is InChI=1S/C11H13FOS/c1-11(2,13)9-6-14-10-4-3-7(12)5-8(9)10/h3-5,9,13H,6H2,1-2H3. The average Bonchev–Trinajstić information content (AvgIpc) is 2.45. The molecule has 1 heterocycles. The molecule has 0 saturated heterocycles. The maximum atomic E-state index is 13.0. The van der Waals surface area contributed by atoms with Gasteiger partial charge in [-0.05, 0) is 37.6 Å². The molecule has 0 spiro atoms. The van der Waals surface area contributed by atoms with E-state index in [-0.39, 0.29) is 11.7 Å². The Balaban J connectivity index is 2.43. The number of fused-ring (bicyclic) bond motifs is 1. The largest absolute Gasteiger partial charge is 0.390 e. The van der Waals surface area contributed by atoms with Gasteiger partial charge in [0.05, 0.1) is 5.60 Å². The SMILES string of the molecule is CC(C)(O)C1CSc2ccc(F)cc21. The van der Waals surface area contributed by atoms with Gasteiger partial charge in [-0.25, -0.2) is 4.39 Å². The van der Waals surface area contributed by atoms with E-state index in [4.69, 9.17) is 0 Å². The zero-order valence-corrected chi connectivity index (χ0v) is 9.07. The summed E-state index contributed by atoms with van der Waals surface area (Å²) in [4.78, 5) is 1.10. The molecule has 1 N–H and O–H groups in total. The van der Waals surface area contributed by atoms with E-state index >= 15 is 0 Å². The van der Waals surface area contributed by atoms with Crippen molar-refractivity contribution in [1.29, 1.82) is 0 Å². The van der Waals surface area contributed by atoms with Gasteiger partial charge >= 0.3 is 0 Å². The predicted octanol–water partition coefficient (Wildman–Crippen LogP) is 2.79. The fourth-order valence-electron chi connectivity index (χ4n) is 1.77. The van der Waals surface area contributed by atoms with Crippen molar-refractivity contribution in [1.82, 2.24) is 0 Å². The van der Waals surface area contributed by atoms with Gasteiger partial charge in [0.15, 0.2) is 0 Å². The molecule has 1 nitrogen and oxygen atoms in total. The molecule has 1 aromatic rings. The van der Waals surface area contributed by atoms with Gasteiger partial charge in [-0.15, -0.1) is 11.8 Å². The summed E-state index contributed by atoms with van der Waals surface area (Å²) >= 11 is 1.68. The maximum Gasteiger partial charge on any atom is 0.123 e. The molecule has 3 heteroatoms. The van der Waals surface area contributed by atoms with Crippen LogP contribution in [0.1, 0.15) is 25.3 Å². The number of hydrogen-bond acceptors (Lipinski definition) is 2. The third kappa shape index (κ3) is 1.66. The summed E-state index contributed by atoms with van der Waals surface area (Å²) in [5.41, 5.74) is 0.175. The molecular weight excluding hydrogens is 199 g/mol. The smallest absolute Gasteiger partial charge is 0.123 e. The van der Waals surface area contributed by atoms with Crippen molar-refractivity contribution in [3.63, 3.8) is 0 Å². The molecule has 0 saturated carbocycles. The number of hydrogen-bond donors (Lipinski definition) is 1. The molecule has 1 aliphatic rings. The molecule has 0 bridgehead atoms. The van der Waals surface area contributed by atoms with E-state index in [0.717, 1.165) is 16.2 Å². The third-order valence-electron chi connectivity index (χ3n) is 2.61. The molecule has 1 atom stereocenters. The molecule has 1 aromatic carbocycles. The normalized spacial score (nSPS) is 21.0. The molecule has 0 amide bonds. The molecule has 14 heavy (non-hydrogen) atoms. The summed E-state index contributed by atoms with van der Waals surface area (Å²) in [7, 11) is 0. The Bertz CT molecular complexity index is 357.